The lowest BCUT2D eigenvalue weighted by Crippen LogP contribution is -2.03. The number of aromatic nitrogens is 1. The fraction of sp³-hybridized carbons (Fsp3) is 0.0625. The molecule has 2 aromatic carbocycles. The molecular weight excluding hydrogens is 310 g/mol. The summed E-state index contributed by atoms with van der Waals surface area (Å²) in [5.41, 5.74) is 2.05. The van der Waals surface area contributed by atoms with Gasteiger partial charge in [-0.15, -0.1) is 0 Å². The Morgan fingerprint density at radius 2 is 1.90 bits per heavy atom. The largest absolute Gasteiger partial charge is 0.379 e. The normalized spacial score (nSPS) is 10.8. The second kappa shape index (κ2) is 5.88. The fourth-order valence-electron chi connectivity index (χ4n) is 2.16. The van der Waals surface area contributed by atoms with Crippen LogP contribution < -0.4 is 5.32 Å². The zero-order valence-corrected chi connectivity index (χ0v) is 12.4. The van der Waals surface area contributed by atoms with Gasteiger partial charge in [0.05, 0.1) is 11.2 Å². The lowest BCUT2D eigenvalue weighted by molar-refractivity contribution is 0.613. The number of hydrogen-bond acceptors (Lipinski definition) is 2. The van der Waals surface area contributed by atoms with Gasteiger partial charge in [0.1, 0.15) is 5.82 Å². The van der Waals surface area contributed by atoms with Crippen molar-refractivity contribution in [3.05, 3.63) is 70.1 Å². The zero-order chi connectivity index (χ0) is 14.8. The van der Waals surface area contributed by atoms with Crippen LogP contribution in [0.5, 0.6) is 0 Å². The number of fused-ring (bicyclic) bond motifs is 1. The predicted molar refractivity (Wildman–Crippen MR) is 85.5 cm³/mol. The topological polar surface area (TPSA) is 24.9 Å². The first-order valence-corrected chi connectivity index (χ1v) is 7.11. The Morgan fingerprint density at radius 3 is 2.76 bits per heavy atom. The highest BCUT2D eigenvalue weighted by atomic mass is 35.5. The summed E-state index contributed by atoms with van der Waals surface area (Å²) in [6.45, 7) is 0.304. The lowest BCUT2D eigenvalue weighted by Gasteiger charge is -2.11. The van der Waals surface area contributed by atoms with Crippen molar-refractivity contribution < 1.29 is 4.39 Å². The lowest BCUT2D eigenvalue weighted by atomic mass is 10.1. The molecule has 0 aliphatic carbocycles. The van der Waals surface area contributed by atoms with Crippen LogP contribution in [-0.4, -0.2) is 4.98 Å². The predicted octanol–water partition coefficient (Wildman–Crippen LogP) is 5.29. The van der Waals surface area contributed by atoms with Gasteiger partial charge in [-0.3, -0.25) is 4.98 Å². The van der Waals surface area contributed by atoms with E-state index in [1.54, 1.807) is 18.3 Å². The van der Waals surface area contributed by atoms with Gasteiger partial charge in [0.15, 0.2) is 0 Å². The minimum absolute atomic E-state index is 0.300. The third-order valence-corrected chi connectivity index (χ3v) is 3.60. The monoisotopic (exact) mass is 320 g/mol. The number of pyridine rings is 1. The maximum absolute atomic E-state index is 13.7. The maximum atomic E-state index is 13.7. The molecule has 0 fully saturated rings. The first-order chi connectivity index (χ1) is 10.1. The van der Waals surface area contributed by atoms with Gasteiger partial charge in [-0.05, 0) is 36.4 Å². The standard InChI is InChI=1S/C16H11Cl2FN2/c17-12-3-4-14(19)11(7-12)9-21-15-8-13(18)6-10-2-1-5-20-16(10)15/h1-8,21H,9H2. The van der Waals surface area contributed by atoms with Crippen LogP contribution in [0.1, 0.15) is 5.56 Å². The van der Waals surface area contributed by atoms with Crippen LogP contribution in [0.2, 0.25) is 10.0 Å². The number of nitrogens with one attached hydrogen (secondary N) is 1. The molecule has 0 aliphatic rings. The Kier molecular flexibility index (Phi) is 3.95. The molecule has 0 bridgehead atoms. The first kappa shape index (κ1) is 14.1. The highest BCUT2D eigenvalue weighted by Crippen LogP contribution is 2.27. The second-order valence-electron chi connectivity index (χ2n) is 4.62. The van der Waals surface area contributed by atoms with Crippen LogP contribution in [0.3, 0.4) is 0 Å². The van der Waals surface area contributed by atoms with Gasteiger partial charge in [0.25, 0.3) is 0 Å². The minimum atomic E-state index is -0.300. The van der Waals surface area contributed by atoms with E-state index in [1.165, 1.54) is 12.1 Å². The van der Waals surface area contributed by atoms with Crippen LogP contribution in [0.4, 0.5) is 10.1 Å². The molecule has 1 aromatic heterocycles. The molecule has 0 saturated carbocycles. The summed E-state index contributed by atoms with van der Waals surface area (Å²) in [6.07, 6.45) is 1.71. The van der Waals surface area contributed by atoms with Crippen molar-refractivity contribution in [2.45, 2.75) is 6.54 Å². The van der Waals surface area contributed by atoms with Gasteiger partial charge in [-0.25, -0.2) is 4.39 Å². The molecule has 21 heavy (non-hydrogen) atoms. The number of hydrogen-bond donors (Lipinski definition) is 1. The molecule has 3 aromatic rings. The van der Waals surface area contributed by atoms with Gasteiger partial charge in [-0.2, -0.15) is 0 Å². The Hall–Kier alpha value is -1.84. The fourth-order valence-corrected chi connectivity index (χ4v) is 2.58. The second-order valence-corrected chi connectivity index (χ2v) is 5.49. The molecular formula is C16H11Cl2FN2. The van der Waals surface area contributed by atoms with Crippen LogP contribution in [-0.2, 0) is 6.54 Å². The van der Waals surface area contributed by atoms with Crippen LogP contribution in [0, 0.1) is 5.82 Å². The molecule has 0 unspecified atom stereocenters. The third kappa shape index (κ3) is 3.09. The molecule has 2 nitrogen and oxygen atoms in total. The first-order valence-electron chi connectivity index (χ1n) is 6.35. The molecule has 0 saturated heterocycles. The zero-order valence-electron chi connectivity index (χ0n) is 10.9. The summed E-state index contributed by atoms with van der Waals surface area (Å²) < 4.78 is 13.7. The van der Waals surface area contributed by atoms with E-state index in [0.29, 0.717) is 22.2 Å². The number of anilines is 1. The highest BCUT2D eigenvalue weighted by Gasteiger charge is 2.07. The summed E-state index contributed by atoms with van der Waals surface area (Å²) >= 11 is 12.0. The highest BCUT2D eigenvalue weighted by molar-refractivity contribution is 6.32. The SMILES string of the molecule is Fc1ccc(Cl)cc1CNc1cc(Cl)cc2cccnc12. The number of benzene rings is 2. The smallest absolute Gasteiger partial charge is 0.128 e. The summed E-state index contributed by atoms with van der Waals surface area (Å²) in [5, 5.41) is 5.20. The van der Waals surface area contributed by atoms with Gasteiger partial charge >= 0.3 is 0 Å². The number of nitrogens with zero attached hydrogens (tertiary/aromatic N) is 1. The van der Waals surface area contributed by atoms with Crippen LogP contribution >= 0.6 is 23.2 Å². The minimum Gasteiger partial charge on any atom is -0.379 e. The summed E-state index contributed by atoms with van der Waals surface area (Å²) in [5.74, 6) is -0.300. The van der Waals surface area contributed by atoms with Crippen molar-refractivity contribution in [2.75, 3.05) is 5.32 Å². The molecule has 5 heteroatoms. The van der Waals surface area contributed by atoms with E-state index < -0.39 is 0 Å². The van der Waals surface area contributed by atoms with E-state index in [9.17, 15) is 4.39 Å². The van der Waals surface area contributed by atoms with E-state index in [4.69, 9.17) is 23.2 Å². The van der Waals surface area contributed by atoms with Crippen molar-refractivity contribution >= 4 is 39.8 Å². The maximum Gasteiger partial charge on any atom is 0.128 e. The van der Waals surface area contributed by atoms with Crippen molar-refractivity contribution in [3.63, 3.8) is 0 Å². The average Bonchev–Trinajstić information content (AvgIpc) is 2.47. The summed E-state index contributed by atoms with van der Waals surface area (Å²) in [7, 11) is 0. The van der Waals surface area contributed by atoms with Crippen molar-refractivity contribution in [2.24, 2.45) is 0 Å². The summed E-state index contributed by atoms with van der Waals surface area (Å²) in [4.78, 5) is 4.33. The van der Waals surface area contributed by atoms with E-state index in [0.717, 1.165) is 16.6 Å². The quantitative estimate of drug-likeness (QED) is 0.709. The molecule has 1 heterocycles. The van der Waals surface area contributed by atoms with Crippen LogP contribution in [0.25, 0.3) is 10.9 Å². The third-order valence-electron chi connectivity index (χ3n) is 3.15. The number of halogens is 3. The average molecular weight is 321 g/mol. The van der Waals surface area contributed by atoms with E-state index >= 15 is 0 Å². The van der Waals surface area contributed by atoms with Gasteiger partial charge in [0, 0.05) is 33.7 Å². The van der Waals surface area contributed by atoms with E-state index in [-0.39, 0.29) is 5.82 Å². The molecule has 0 amide bonds. The van der Waals surface area contributed by atoms with Crippen LogP contribution in [0.15, 0.2) is 48.7 Å². The molecule has 1 N–H and O–H groups in total. The van der Waals surface area contributed by atoms with Crippen molar-refractivity contribution in [1.82, 2.24) is 4.98 Å². The van der Waals surface area contributed by atoms with Crippen molar-refractivity contribution in [1.29, 1.82) is 0 Å². The molecule has 3 rings (SSSR count). The number of rotatable bonds is 3. The van der Waals surface area contributed by atoms with Crippen molar-refractivity contribution in [3.8, 4) is 0 Å². The van der Waals surface area contributed by atoms with Gasteiger partial charge in [-0.1, -0.05) is 29.3 Å². The van der Waals surface area contributed by atoms with E-state index in [2.05, 4.69) is 10.3 Å². The Morgan fingerprint density at radius 1 is 1.05 bits per heavy atom. The van der Waals surface area contributed by atoms with Gasteiger partial charge < -0.3 is 5.32 Å². The molecule has 0 aliphatic heterocycles. The summed E-state index contributed by atoms with van der Waals surface area (Å²) in [6, 6.07) is 11.9. The Balaban J connectivity index is 1.93. The Bertz CT molecular complexity index is 805. The molecule has 0 radical (unpaired) electrons. The molecule has 106 valence electrons. The molecule has 0 atom stereocenters. The molecule has 0 spiro atoms. The Labute approximate surface area is 131 Å². The van der Waals surface area contributed by atoms with Gasteiger partial charge in [0.2, 0.25) is 0 Å². The van der Waals surface area contributed by atoms with E-state index in [1.807, 2.05) is 18.2 Å².